The molecule has 8 rings (SSSR count). The number of imide groups is 1. The topological polar surface area (TPSA) is 190 Å². The molecule has 1 saturated carbocycles. The molecule has 5 fully saturated rings. The van der Waals surface area contributed by atoms with Crippen molar-refractivity contribution in [3.63, 3.8) is 0 Å². The van der Waals surface area contributed by atoms with Crippen molar-refractivity contribution in [1.29, 1.82) is 0 Å². The zero-order valence-corrected chi connectivity index (χ0v) is 39.0. The molecule has 0 spiro atoms. The van der Waals surface area contributed by atoms with E-state index in [2.05, 4.69) is 52.9 Å². The van der Waals surface area contributed by atoms with Crippen molar-refractivity contribution >= 4 is 52.7 Å². The maximum absolute atomic E-state index is 13.3. The number of piperidine rings is 2. The van der Waals surface area contributed by atoms with Crippen LogP contribution in [0.25, 0.3) is 0 Å². The van der Waals surface area contributed by atoms with Crippen molar-refractivity contribution in [3.05, 3.63) is 53.5 Å². The van der Waals surface area contributed by atoms with Crippen molar-refractivity contribution in [3.8, 4) is 0 Å². The third kappa shape index (κ3) is 11.8. The van der Waals surface area contributed by atoms with Crippen molar-refractivity contribution < 1.29 is 28.7 Å². The predicted octanol–water partition coefficient (Wildman–Crippen LogP) is 4.06. The average Bonchev–Trinajstić information content (AvgIpc) is 3.74. The van der Waals surface area contributed by atoms with Crippen molar-refractivity contribution in [2.75, 3.05) is 94.1 Å². The lowest BCUT2D eigenvalue weighted by molar-refractivity contribution is -0.139. The second-order valence-corrected chi connectivity index (χ2v) is 18.7. The molecule has 4 amide bonds. The molecule has 3 aromatic rings. The van der Waals surface area contributed by atoms with Gasteiger partial charge >= 0.3 is 5.97 Å². The summed E-state index contributed by atoms with van der Waals surface area (Å²) in [6, 6.07) is 8.83. The van der Waals surface area contributed by atoms with Gasteiger partial charge in [-0.05, 0) is 95.4 Å². The number of hydrogen-bond acceptors (Lipinski definition) is 14. The quantitative estimate of drug-likeness (QED) is 0.146. The number of rotatable bonds is 15. The number of hydrogen-bond donors (Lipinski definition) is 3. The van der Waals surface area contributed by atoms with Crippen molar-refractivity contribution in [2.24, 2.45) is 13.0 Å². The molecule has 0 radical (unpaired) electrons. The zero-order valence-electron chi connectivity index (χ0n) is 39.0. The predicted molar refractivity (Wildman–Crippen MR) is 250 cm³/mol. The summed E-state index contributed by atoms with van der Waals surface area (Å²) in [6.07, 6.45) is 12.0. The molecular weight excluding hydrogens is 841 g/mol. The third-order valence-corrected chi connectivity index (χ3v) is 14.4. The number of likely N-dealkylation sites (tertiary alicyclic amines) is 1. The van der Waals surface area contributed by atoms with Crippen LogP contribution >= 0.6 is 0 Å². The fourth-order valence-electron chi connectivity index (χ4n) is 10.4. The number of amides is 4. The maximum Gasteiger partial charge on any atom is 0.343 e. The van der Waals surface area contributed by atoms with E-state index in [1.165, 1.54) is 5.69 Å². The van der Waals surface area contributed by atoms with Crippen molar-refractivity contribution in [1.82, 2.24) is 44.7 Å². The van der Waals surface area contributed by atoms with Crippen LogP contribution in [0.1, 0.15) is 105 Å². The SMILES string of the molecule is CCOC(=O)c1c(C)nc(Nc2cnn(C)c2)nc1NC1CCC(N2CCN(C(=O)CCC(=O)N3CCC(CCN4CCN(c5ccc(C6CCC(=O)NC6=O)cc5)CC4)CC3)CC2)CC1. The van der Waals surface area contributed by atoms with Gasteiger partial charge in [0.05, 0.1) is 30.1 Å². The van der Waals surface area contributed by atoms with Crippen LogP contribution in [0.5, 0.6) is 0 Å². The minimum atomic E-state index is -0.443. The molecule has 5 aliphatic rings. The lowest BCUT2D eigenvalue weighted by atomic mass is 9.89. The standard InChI is InChI=1S/C48H68N12O6/c1-4-66-47(65)44-33(2)50-48(52-37-31-49-55(3)32-37)54-45(44)51-36-7-11-39(12-8-36)58-27-29-60(30-28-58)43(63)16-15-42(62)59-21-18-34(19-22-59)17-20-56-23-25-57(26-24-56)38-9-5-35(6-10-38)40-13-14-41(61)53-46(40)64/h5-6,9-10,31-32,34,36,39-40H,4,7-8,11-30H2,1-3H3,(H,53,61,64)(H2,50,51,52,54). The molecule has 356 valence electrons. The summed E-state index contributed by atoms with van der Waals surface area (Å²) >= 11 is 0. The fourth-order valence-corrected chi connectivity index (χ4v) is 10.4. The number of piperazine rings is 2. The Balaban J connectivity index is 0.697. The van der Waals surface area contributed by atoms with Gasteiger partial charge in [0.15, 0.2) is 0 Å². The molecule has 4 saturated heterocycles. The van der Waals surface area contributed by atoms with E-state index < -0.39 is 5.97 Å². The van der Waals surface area contributed by atoms with E-state index in [-0.39, 0.29) is 55.0 Å². The molecular formula is C48H68N12O6. The van der Waals surface area contributed by atoms with Crippen LogP contribution in [-0.4, -0.2) is 160 Å². The van der Waals surface area contributed by atoms with Crippen LogP contribution in [0.15, 0.2) is 36.7 Å². The normalized spacial score (nSPS) is 22.5. The first kappa shape index (κ1) is 46.9. The minimum Gasteiger partial charge on any atom is -0.462 e. The fraction of sp³-hybridized carbons (Fsp3) is 0.625. The molecule has 1 aliphatic carbocycles. The molecule has 1 atom stereocenters. The van der Waals surface area contributed by atoms with E-state index in [9.17, 15) is 24.0 Å². The molecule has 66 heavy (non-hydrogen) atoms. The van der Waals surface area contributed by atoms with Gasteiger partial charge in [-0.3, -0.25) is 39.0 Å². The van der Waals surface area contributed by atoms with E-state index in [1.807, 2.05) is 35.2 Å². The van der Waals surface area contributed by atoms with Crippen LogP contribution in [-0.2, 0) is 31.0 Å². The van der Waals surface area contributed by atoms with Gasteiger partial charge in [0.25, 0.3) is 0 Å². The molecule has 2 aromatic heterocycles. The number of nitrogens with one attached hydrogen (secondary N) is 3. The molecule has 1 aromatic carbocycles. The Bertz CT molecular complexity index is 2170. The van der Waals surface area contributed by atoms with Gasteiger partial charge in [-0.1, -0.05) is 12.1 Å². The summed E-state index contributed by atoms with van der Waals surface area (Å²) in [7, 11) is 1.84. The second kappa shape index (κ2) is 21.8. The highest BCUT2D eigenvalue weighted by Gasteiger charge is 2.33. The lowest BCUT2D eigenvalue weighted by Gasteiger charge is -2.42. The number of esters is 1. The highest BCUT2D eigenvalue weighted by atomic mass is 16.5. The second-order valence-electron chi connectivity index (χ2n) is 18.7. The first-order chi connectivity index (χ1) is 32.0. The Morgan fingerprint density at radius 1 is 0.818 bits per heavy atom. The summed E-state index contributed by atoms with van der Waals surface area (Å²) in [5.74, 6) is 0.547. The van der Waals surface area contributed by atoms with Crippen LogP contribution in [0.4, 0.5) is 23.1 Å². The zero-order chi connectivity index (χ0) is 46.2. The number of aromatic nitrogens is 4. The highest BCUT2D eigenvalue weighted by molar-refractivity contribution is 6.01. The summed E-state index contributed by atoms with van der Waals surface area (Å²) in [4.78, 5) is 83.9. The average molecular weight is 909 g/mol. The van der Waals surface area contributed by atoms with Crippen LogP contribution < -0.4 is 20.9 Å². The van der Waals surface area contributed by atoms with Gasteiger partial charge in [-0.25, -0.2) is 9.78 Å². The smallest absolute Gasteiger partial charge is 0.343 e. The largest absolute Gasteiger partial charge is 0.462 e. The summed E-state index contributed by atoms with van der Waals surface area (Å²) in [5, 5.41) is 13.4. The first-order valence-electron chi connectivity index (χ1n) is 24.3. The van der Waals surface area contributed by atoms with Gasteiger partial charge in [-0.2, -0.15) is 10.1 Å². The molecule has 18 nitrogen and oxygen atoms in total. The third-order valence-electron chi connectivity index (χ3n) is 14.4. The number of carbonyl (C=O) groups excluding carboxylic acids is 5. The number of benzene rings is 1. The molecule has 18 heteroatoms. The summed E-state index contributed by atoms with van der Waals surface area (Å²) < 4.78 is 7.06. The highest BCUT2D eigenvalue weighted by Crippen LogP contribution is 2.31. The lowest BCUT2D eigenvalue weighted by Crippen LogP contribution is -2.53. The Kier molecular flexibility index (Phi) is 15.5. The molecule has 0 bridgehead atoms. The van der Waals surface area contributed by atoms with E-state index in [1.54, 1.807) is 24.7 Å². The summed E-state index contributed by atoms with van der Waals surface area (Å²) in [5.41, 5.74) is 3.77. The van der Waals surface area contributed by atoms with Crippen LogP contribution in [0.2, 0.25) is 0 Å². The van der Waals surface area contributed by atoms with E-state index in [0.29, 0.717) is 60.9 Å². The Morgan fingerprint density at radius 3 is 2.14 bits per heavy atom. The van der Waals surface area contributed by atoms with E-state index in [4.69, 9.17) is 9.72 Å². The Labute approximate surface area is 388 Å². The monoisotopic (exact) mass is 909 g/mol. The van der Waals surface area contributed by atoms with Crippen LogP contribution in [0, 0.1) is 12.8 Å². The molecule has 4 aliphatic heterocycles. The minimum absolute atomic E-state index is 0.0741. The Hall–Kier alpha value is -5.62. The number of carbonyl (C=O) groups is 5. The van der Waals surface area contributed by atoms with Gasteiger partial charge in [-0.15, -0.1) is 0 Å². The van der Waals surface area contributed by atoms with Crippen LogP contribution in [0.3, 0.4) is 0 Å². The number of aryl methyl sites for hydroxylation is 2. The number of ether oxygens (including phenoxy) is 1. The molecule has 3 N–H and O–H groups in total. The Morgan fingerprint density at radius 2 is 1.50 bits per heavy atom. The van der Waals surface area contributed by atoms with Gasteiger partial charge in [0, 0.05) is 116 Å². The number of nitrogens with zero attached hydrogens (tertiary/aromatic N) is 9. The van der Waals surface area contributed by atoms with Gasteiger partial charge in [0.2, 0.25) is 29.6 Å². The molecule has 1 unspecified atom stereocenters. The molecule has 6 heterocycles. The van der Waals surface area contributed by atoms with Crippen molar-refractivity contribution in [2.45, 2.75) is 102 Å². The number of anilines is 4. The van der Waals surface area contributed by atoms with E-state index in [0.717, 1.165) is 115 Å². The van der Waals surface area contributed by atoms with Gasteiger partial charge < -0.3 is 30.1 Å². The maximum atomic E-state index is 13.3. The first-order valence-corrected chi connectivity index (χ1v) is 24.3. The van der Waals surface area contributed by atoms with E-state index >= 15 is 0 Å². The van der Waals surface area contributed by atoms with Gasteiger partial charge in [0.1, 0.15) is 11.4 Å². The summed E-state index contributed by atoms with van der Waals surface area (Å²) in [6.45, 7) is 13.4.